The summed E-state index contributed by atoms with van der Waals surface area (Å²) in [6, 6.07) is 4.77. The van der Waals surface area contributed by atoms with Crippen molar-refractivity contribution in [2.24, 2.45) is 0 Å². The Labute approximate surface area is 146 Å². The molecule has 6 heteroatoms. The lowest BCUT2D eigenvalue weighted by Crippen LogP contribution is -2.46. The lowest BCUT2D eigenvalue weighted by Gasteiger charge is -2.35. The number of carbonyl (C=O) groups is 1. The van der Waals surface area contributed by atoms with Gasteiger partial charge in [-0.15, -0.1) is 21.5 Å². The fourth-order valence-electron chi connectivity index (χ4n) is 3.85. The average molecular weight is 344 g/mol. The highest BCUT2D eigenvalue weighted by Crippen LogP contribution is 2.41. The Hall–Kier alpha value is -1.69. The van der Waals surface area contributed by atoms with Crippen LogP contribution in [0.2, 0.25) is 0 Å². The van der Waals surface area contributed by atoms with Gasteiger partial charge in [0.25, 0.3) is 0 Å². The lowest BCUT2D eigenvalue weighted by molar-refractivity contribution is -0.127. The van der Waals surface area contributed by atoms with Crippen LogP contribution in [-0.2, 0) is 16.6 Å². The molecular formula is C18H24N4OS. The van der Waals surface area contributed by atoms with Crippen LogP contribution in [0.5, 0.6) is 0 Å². The van der Waals surface area contributed by atoms with Gasteiger partial charge in [-0.3, -0.25) is 4.79 Å². The third-order valence-corrected chi connectivity index (χ3v) is 6.43. The van der Waals surface area contributed by atoms with Crippen LogP contribution in [-0.4, -0.2) is 27.2 Å². The summed E-state index contributed by atoms with van der Waals surface area (Å²) in [6.45, 7) is 0.636. The van der Waals surface area contributed by atoms with Crippen molar-refractivity contribution in [1.82, 2.24) is 20.1 Å². The highest BCUT2D eigenvalue weighted by molar-refractivity contribution is 7.10. The Morgan fingerprint density at radius 1 is 1.33 bits per heavy atom. The van der Waals surface area contributed by atoms with Gasteiger partial charge in [0.1, 0.15) is 12.2 Å². The minimum Gasteiger partial charge on any atom is -0.355 e. The molecule has 1 N–H and O–H groups in total. The molecule has 2 aromatic heterocycles. The topological polar surface area (TPSA) is 59.8 Å². The third-order valence-electron chi connectivity index (χ3n) is 5.36. The summed E-state index contributed by atoms with van der Waals surface area (Å²) in [5, 5.41) is 13.5. The summed E-state index contributed by atoms with van der Waals surface area (Å²) >= 11 is 1.72. The fourth-order valence-corrected chi connectivity index (χ4v) is 4.84. The summed E-state index contributed by atoms with van der Waals surface area (Å²) in [5.74, 6) is 1.19. The number of amides is 1. The maximum absolute atomic E-state index is 13.0. The molecule has 24 heavy (non-hydrogen) atoms. The van der Waals surface area contributed by atoms with Crippen molar-refractivity contribution in [2.45, 2.75) is 62.8 Å². The van der Waals surface area contributed by atoms with Gasteiger partial charge in [0.15, 0.2) is 0 Å². The Balaban J connectivity index is 1.41. The maximum Gasteiger partial charge on any atom is 0.231 e. The second kappa shape index (κ2) is 6.67. The molecule has 4 rings (SSSR count). The van der Waals surface area contributed by atoms with Gasteiger partial charge < -0.3 is 9.88 Å². The van der Waals surface area contributed by atoms with Crippen LogP contribution in [0, 0.1) is 0 Å². The van der Waals surface area contributed by atoms with Gasteiger partial charge in [0.05, 0.1) is 5.41 Å². The number of hydrogen-bond donors (Lipinski definition) is 1. The number of thiophene rings is 1. The lowest BCUT2D eigenvalue weighted by atomic mass is 9.72. The molecule has 2 fully saturated rings. The third kappa shape index (κ3) is 2.99. The zero-order valence-electron chi connectivity index (χ0n) is 13.9. The molecule has 0 bridgehead atoms. The zero-order valence-corrected chi connectivity index (χ0v) is 14.7. The quantitative estimate of drug-likeness (QED) is 0.875. The van der Waals surface area contributed by atoms with Crippen molar-refractivity contribution in [2.75, 3.05) is 6.54 Å². The molecule has 2 heterocycles. The van der Waals surface area contributed by atoms with Crippen molar-refractivity contribution >= 4 is 17.2 Å². The fraction of sp³-hybridized carbons (Fsp3) is 0.611. The average Bonchev–Trinajstić information content (AvgIpc) is 3.12. The van der Waals surface area contributed by atoms with Gasteiger partial charge in [-0.1, -0.05) is 25.3 Å². The normalized spacial score (nSPS) is 20.0. The van der Waals surface area contributed by atoms with E-state index in [0.717, 1.165) is 37.9 Å². The molecule has 2 aromatic rings. The maximum atomic E-state index is 13.0. The van der Waals surface area contributed by atoms with E-state index in [1.54, 1.807) is 11.3 Å². The van der Waals surface area contributed by atoms with E-state index in [2.05, 4.69) is 37.6 Å². The zero-order chi connectivity index (χ0) is 16.4. The Morgan fingerprint density at radius 3 is 2.88 bits per heavy atom. The largest absolute Gasteiger partial charge is 0.355 e. The van der Waals surface area contributed by atoms with E-state index >= 15 is 0 Å². The highest BCUT2D eigenvalue weighted by Gasteiger charge is 2.41. The standard InChI is InChI=1S/C18H24N4OS/c23-17(18(9-2-1-3-10-18)15-5-4-12-24-15)19-11-8-16-21-20-13-22(16)14-6-7-14/h4-5,12-14H,1-3,6-11H2,(H,19,23). The molecule has 5 nitrogen and oxygen atoms in total. The van der Waals surface area contributed by atoms with Crippen molar-refractivity contribution in [3.05, 3.63) is 34.5 Å². The second-order valence-corrected chi connectivity index (χ2v) is 7.96. The van der Waals surface area contributed by atoms with Crippen LogP contribution >= 0.6 is 11.3 Å². The molecule has 2 aliphatic carbocycles. The van der Waals surface area contributed by atoms with Crippen LogP contribution < -0.4 is 5.32 Å². The minimum absolute atomic E-state index is 0.196. The predicted octanol–water partition coefficient (Wildman–Crippen LogP) is 3.24. The molecule has 0 aliphatic heterocycles. The number of carbonyl (C=O) groups excluding carboxylic acids is 1. The first-order valence-electron chi connectivity index (χ1n) is 9.00. The number of nitrogens with zero attached hydrogens (tertiary/aromatic N) is 3. The van der Waals surface area contributed by atoms with Crippen molar-refractivity contribution in [3.8, 4) is 0 Å². The van der Waals surface area contributed by atoms with E-state index in [4.69, 9.17) is 0 Å². The summed E-state index contributed by atoms with van der Waals surface area (Å²) < 4.78 is 2.17. The number of rotatable bonds is 6. The molecule has 1 amide bonds. The van der Waals surface area contributed by atoms with Gasteiger partial charge in [-0.2, -0.15) is 0 Å². The van der Waals surface area contributed by atoms with Gasteiger partial charge >= 0.3 is 0 Å². The van der Waals surface area contributed by atoms with Crippen LogP contribution in [0.25, 0.3) is 0 Å². The predicted molar refractivity (Wildman–Crippen MR) is 94.1 cm³/mol. The molecule has 0 radical (unpaired) electrons. The summed E-state index contributed by atoms with van der Waals surface area (Å²) in [5.41, 5.74) is -0.309. The Bertz CT molecular complexity index is 684. The van der Waals surface area contributed by atoms with E-state index in [0.29, 0.717) is 12.6 Å². The van der Waals surface area contributed by atoms with E-state index in [-0.39, 0.29) is 11.3 Å². The molecule has 0 spiro atoms. The SMILES string of the molecule is O=C(NCCc1nncn1C1CC1)C1(c2cccs2)CCCCC1. The first-order chi connectivity index (χ1) is 11.8. The molecule has 0 saturated heterocycles. The molecule has 0 atom stereocenters. The molecule has 2 saturated carbocycles. The van der Waals surface area contributed by atoms with Crippen LogP contribution in [0.1, 0.15) is 61.7 Å². The molecule has 0 aromatic carbocycles. The van der Waals surface area contributed by atoms with Crippen molar-refractivity contribution < 1.29 is 4.79 Å². The minimum atomic E-state index is -0.309. The Morgan fingerprint density at radius 2 is 2.17 bits per heavy atom. The summed E-state index contributed by atoms with van der Waals surface area (Å²) in [7, 11) is 0. The van der Waals surface area contributed by atoms with E-state index in [9.17, 15) is 4.79 Å². The van der Waals surface area contributed by atoms with Gasteiger partial charge in [0.2, 0.25) is 5.91 Å². The van der Waals surface area contributed by atoms with E-state index in [1.807, 2.05) is 6.33 Å². The number of hydrogen-bond acceptors (Lipinski definition) is 4. The van der Waals surface area contributed by atoms with Crippen molar-refractivity contribution in [3.63, 3.8) is 0 Å². The van der Waals surface area contributed by atoms with Crippen LogP contribution in [0.4, 0.5) is 0 Å². The van der Waals surface area contributed by atoms with Crippen LogP contribution in [0.3, 0.4) is 0 Å². The van der Waals surface area contributed by atoms with Gasteiger partial charge in [0, 0.05) is 23.9 Å². The molecule has 128 valence electrons. The first-order valence-corrected chi connectivity index (χ1v) is 9.88. The van der Waals surface area contributed by atoms with Gasteiger partial charge in [-0.05, 0) is 37.1 Å². The Kier molecular flexibility index (Phi) is 4.39. The monoisotopic (exact) mass is 344 g/mol. The summed E-state index contributed by atoms with van der Waals surface area (Å²) in [6.07, 6.45) is 10.5. The molecule has 2 aliphatic rings. The highest BCUT2D eigenvalue weighted by atomic mass is 32.1. The van der Waals surface area contributed by atoms with E-state index in [1.165, 1.54) is 24.1 Å². The first kappa shape index (κ1) is 15.8. The smallest absolute Gasteiger partial charge is 0.231 e. The van der Waals surface area contributed by atoms with E-state index < -0.39 is 0 Å². The molecular weight excluding hydrogens is 320 g/mol. The number of aromatic nitrogens is 3. The number of nitrogens with one attached hydrogen (secondary N) is 1. The van der Waals surface area contributed by atoms with Crippen LogP contribution in [0.15, 0.2) is 23.8 Å². The van der Waals surface area contributed by atoms with Crippen molar-refractivity contribution in [1.29, 1.82) is 0 Å². The second-order valence-electron chi connectivity index (χ2n) is 7.01. The summed E-state index contributed by atoms with van der Waals surface area (Å²) in [4.78, 5) is 14.3. The van der Waals surface area contributed by atoms with Gasteiger partial charge in [-0.25, -0.2) is 0 Å². The molecule has 0 unspecified atom stereocenters.